The standard InChI is InChI=1S/C16H16N4/c1-11-5-6-13(9-17)16(19-11)20-8-7-12-3-2-4-15(18)14(12)10-20/h2-6H,7-8,10,18H2,1H3. The lowest BCUT2D eigenvalue weighted by atomic mass is 9.98. The molecule has 4 nitrogen and oxygen atoms in total. The molecule has 1 aliphatic rings. The van der Waals surface area contributed by atoms with Gasteiger partial charge in [-0.25, -0.2) is 4.98 Å². The number of hydrogen-bond acceptors (Lipinski definition) is 4. The molecule has 0 unspecified atom stereocenters. The smallest absolute Gasteiger partial charge is 0.147 e. The molecule has 0 atom stereocenters. The topological polar surface area (TPSA) is 65.9 Å². The zero-order valence-electron chi connectivity index (χ0n) is 11.4. The lowest BCUT2D eigenvalue weighted by Crippen LogP contribution is -2.32. The second kappa shape index (κ2) is 4.86. The average molecular weight is 264 g/mol. The van der Waals surface area contributed by atoms with Gasteiger partial charge in [-0.05, 0) is 42.7 Å². The molecule has 3 rings (SSSR count). The first-order valence-corrected chi connectivity index (χ1v) is 6.68. The van der Waals surface area contributed by atoms with E-state index in [9.17, 15) is 5.26 Å². The highest BCUT2D eigenvalue weighted by Crippen LogP contribution is 2.28. The van der Waals surface area contributed by atoms with Crippen LogP contribution in [0.2, 0.25) is 0 Å². The fourth-order valence-corrected chi connectivity index (χ4v) is 2.66. The molecular formula is C16H16N4. The Hall–Kier alpha value is -2.54. The van der Waals surface area contributed by atoms with Crippen molar-refractivity contribution < 1.29 is 0 Å². The summed E-state index contributed by atoms with van der Waals surface area (Å²) in [5.74, 6) is 0.765. The third kappa shape index (κ3) is 2.08. The summed E-state index contributed by atoms with van der Waals surface area (Å²) in [6, 6.07) is 12.0. The Balaban J connectivity index is 2.01. The molecule has 1 aromatic carbocycles. The number of aryl methyl sites for hydroxylation is 1. The van der Waals surface area contributed by atoms with Crippen molar-refractivity contribution in [3.8, 4) is 6.07 Å². The zero-order valence-corrected chi connectivity index (χ0v) is 11.4. The number of fused-ring (bicyclic) bond motifs is 1. The first kappa shape index (κ1) is 12.5. The van der Waals surface area contributed by atoms with Gasteiger partial charge in [0.15, 0.2) is 0 Å². The molecule has 1 aliphatic heterocycles. The monoisotopic (exact) mass is 264 g/mol. The summed E-state index contributed by atoms with van der Waals surface area (Å²) >= 11 is 0. The molecule has 2 heterocycles. The molecule has 0 aliphatic carbocycles. The minimum absolute atomic E-state index is 0.619. The molecule has 0 saturated heterocycles. The molecule has 0 radical (unpaired) electrons. The molecule has 4 heteroatoms. The van der Waals surface area contributed by atoms with E-state index in [4.69, 9.17) is 5.73 Å². The number of nitriles is 1. The van der Waals surface area contributed by atoms with E-state index in [1.807, 2.05) is 31.2 Å². The number of nitrogens with zero attached hydrogens (tertiary/aromatic N) is 3. The molecule has 0 spiro atoms. The molecule has 1 aromatic heterocycles. The number of hydrogen-bond donors (Lipinski definition) is 1. The van der Waals surface area contributed by atoms with E-state index in [1.54, 1.807) is 0 Å². The van der Waals surface area contributed by atoms with Crippen molar-refractivity contribution >= 4 is 11.5 Å². The van der Waals surface area contributed by atoms with Gasteiger partial charge in [-0.2, -0.15) is 5.26 Å². The Morgan fingerprint density at radius 2 is 2.15 bits per heavy atom. The van der Waals surface area contributed by atoms with Crippen LogP contribution in [-0.4, -0.2) is 11.5 Å². The van der Waals surface area contributed by atoms with Crippen molar-refractivity contribution in [3.63, 3.8) is 0 Å². The molecule has 0 bridgehead atoms. The molecule has 20 heavy (non-hydrogen) atoms. The normalized spacial score (nSPS) is 13.7. The molecular weight excluding hydrogens is 248 g/mol. The number of nitrogen functional groups attached to an aromatic ring is 1. The summed E-state index contributed by atoms with van der Waals surface area (Å²) in [5, 5.41) is 9.25. The van der Waals surface area contributed by atoms with Gasteiger partial charge in [-0.3, -0.25) is 0 Å². The van der Waals surface area contributed by atoms with Crippen LogP contribution in [0.25, 0.3) is 0 Å². The van der Waals surface area contributed by atoms with Gasteiger partial charge in [0.25, 0.3) is 0 Å². The maximum atomic E-state index is 9.25. The number of rotatable bonds is 1. The SMILES string of the molecule is Cc1ccc(C#N)c(N2CCc3cccc(N)c3C2)n1. The van der Waals surface area contributed by atoms with Gasteiger partial charge >= 0.3 is 0 Å². The van der Waals surface area contributed by atoms with Gasteiger partial charge in [0.1, 0.15) is 11.9 Å². The molecule has 0 saturated carbocycles. The van der Waals surface area contributed by atoms with Crippen LogP contribution in [0.1, 0.15) is 22.4 Å². The fraction of sp³-hybridized carbons (Fsp3) is 0.250. The van der Waals surface area contributed by atoms with Gasteiger partial charge in [0, 0.05) is 24.5 Å². The van der Waals surface area contributed by atoms with Crippen molar-refractivity contribution in [2.75, 3.05) is 17.2 Å². The van der Waals surface area contributed by atoms with Crippen LogP contribution < -0.4 is 10.6 Å². The maximum absolute atomic E-state index is 9.25. The number of pyridine rings is 1. The number of nitrogens with two attached hydrogens (primary N) is 1. The van der Waals surface area contributed by atoms with Crippen molar-refractivity contribution in [1.82, 2.24) is 4.98 Å². The van der Waals surface area contributed by atoms with Crippen LogP contribution in [-0.2, 0) is 13.0 Å². The van der Waals surface area contributed by atoms with E-state index in [0.29, 0.717) is 12.1 Å². The first-order valence-electron chi connectivity index (χ1n) is 6.68. The van der Waals surface area contributed by atoms with Crippen molar-refractivity contribution in [2.24, 2.45) is 0 Å². The molecule has 2 N–H and O–H groups in total. The second-order valence-electron chi connectivity index (χ2n) is 5.09. The highest BCUT2D eigenvalue weighted by atomic mass is 15.2. The van der Waals surface area contributed by atoms with Gasteiger partial charge < -0.3 is 10.6 Å². The zero-order chi connectivity index (χ0) is 14.1. The van der Waals surface area contributed by atoms with Crippen molar-refractivity contribution in [1.29, 1.82) is 5.26 Å². The largest absolute Gasteiger partial charge is 0.398 e. The van der Waals surface area contributed by atoms with Crippen LogP contribution in [0, 0.1) is 18.3 Å². The van der Waals surface area contributed by atoms with E-state index in [1.165, 1.54) is 5.56 Å². The van der Waals surface area contributed by atoms with Gasteiger partial charge in [0.2, 0.25) is 0 Å². The Morgan fingerprint density at radius 1 is 1.30 bits per heavy atom. The third-order valence-corrected chi connectivity index (χ3v) is 3.74. The molecule has 2 aromatic rings. The molecule has 0 fully saturated rings. The lowest BCUT2D eigenvalue weighted by Gasteiger charge is -2.31. The highest BCUT2D eigenvalue weighted by molar-refractivity contribution is 5.59. The van der Waals surface area contributed by atoms with Crippen LogP contribution in [0.5, 0.6) is 0 Å². The number of anilines is 2. The van der Waals surface area contributed by atoms with Crippen LogP contribution in [0.15, 0.2) is 30.3 Å². The Kier molecular flexibility index (Phi) is 3.03. The predicted molar refractivity (Wildman–Crippen MR) is 79.3 cm³/mol. The van der Waals surface area contributed by atoms with Crippen LogP contribution in [0.3, 0.4) is 0 Å². The summed E-state index contributed by atoms with van der Waals surface area (Å²) in [6.07, 6.45) is 0.931. The van der Waals surface area contributed by atoms with Gasteiger partial charge in [0.05, 0.1) is 5.56 Å². The van der Waals surface area contributed by atoms with Crippen molar-refractivity contribution in [2.45, 2.75) is 19.9 Å². The Morgan fingerprint density at radius 3 is 2.95 bits per heavy atom. The van der Waals surface area contributed by atoms with Crippen LogP contribution in [0.4, 0.5) is 11.5 Å². The lowest BCUT2D eigenvalue weighted by molar-refractivity contribution is 0.720. The fourth-order valence-electron chi connectivity index (χ4n) is 2.66. The molecule has 0 amide bonds. The third-order valence-electron chi connectivity index (χ3n) is 3.74. The van der Waals surface area contributed by atoms with E-state index >= 15 is 0 Å². The summed E-state index contributed by atoms with van der Waals surface area (Å²) in [4.78, 5) is 6.68. The van der Waals surface area contributed by atoms with E-state index in [2.05, 4.69) is 22.0 Å². The van der Waals surface area contributed by atoms with Gasteiger partial charge in [-0.1, -0.05) is 12.1 Å². The highest BCUT2D eigenvalue weighted by Gasteiger charge is 2.21. The predicted octanol–water partition coefficient (Wildman–Crippen LogP) is 2.41. The summed E-state index contributed by atoms with van der Waals surface area (Å²) in [5.41, 5.74) is 10.9. The second-order valence-corrected chi connectivity index (χ2v) is 5.09. The number of aromatic nitrogens is 1. The minimum atomic E-state index is 0.619. The maximum Gasteiger partial charge on any atom is 0.147 e. The van der Waals surface area contributed by atoms with Crippen LogP contribution >= 0.6 is 0 Å². The summed E-state index contributed by atoms with van der Waals surface area (Å²) < 4.78 is 0. The Bertz CT molecular complexity index is 700. The summed E-state index contributed by atoms with van der Waals surface area (Å²) in [6.45, 7) is 3.52. The molecule has 100 valence electrons. The van der Waals surface area contributed by atoms with Gasteiger partial charge in [-0.15, -0.1) is 0 Å². The van der Waals surface area contributed by atoms with E-state index in [-0.39, 0.29) is 0 Å². The number of benzene rings is 1. The first-order chi connectivity index (χ1) is 9.69. The minimum Gasteiger partial charge on any atom is -0.398 e. The van der Waals surface area contributed by atoms with Crippen molar-refractivity contribution in [3.05, 3.63) is 52.7 Å². The summed E-state index contributed by atoms with van der Waals surface area (Å²) in [7, 11) is 0. The van der Waals surface area contributed by atoms with E-state index in [0.717, 1.165) is 35.7 Å². The Labute approximate surface area is 118 Å². The van der Waals surface area contributed by atoms with E-state index < -0.39 is 0 Å². The quantitative estimate of drug-likeness (QED) is 0.803. The average Bonchev–Trinajstić information content (AvgIpc) is 2.47.